The van der Waals surface area contributed by atoms with E-state index in [2.05, 4.69) is 29.1 Å². The Kier molecular flexibility index (Phi) is 5.24. The van der Waals surface area contributed by atoms with Gasteiger partial charge in [-0.3, -0.25) is 9.78 Å². The molecule has 0 atom stereocenters. The maximum atomic E-state index is 12.6. The van der Waals surface area contributed by atoms with Crippen LogP contribution in [0.15, 0.2) is 71.4 Å². The summed E-state index contributed by atoms with van der Waals surface area (Å²) in [6.45, 7) is 4.83. The smallest absolute Gasteiger partial charge is 0.255 e. The van der Waals surface area contributed by atoms with Crippen LogP contribution in [0.3, 0.4) is 0 Å². The number of ether oxygens (including phenoxy) is 1. The van der Waals surface area contributed by atoms with E-state index in [0.717, 1.165) is 11.3 Å². The number of carbonyl (C=O) groups excluding carboxylic acids is 1. The number of carbonyl (C=O) groups is 1. The lowest BCUT2D eigenvalue weighted by Gasteiger charge is -2.09. The van der Waals surface area contributed by atoms with E-state index in [9.17, 15) is 4.79 Å². The van der Waals surface area contributed by atoms with Gasteiger partial charge in [-0.25, -0.2) is 4.98 Å². The van der Waals surface area contributed by atoms with Gasteiger partial charge in [0, 0.05) is 29.2 Å². The Morgan fingerprint density at radius 2 is 1.83 bits per heavy atom. The van der Waals surface area contributed by atoms with Crippen LogP contribution in [0.25, 0.3) is 22.6 Å². The average Bonchev–Trinajstić information content (AvgIpc) is 3.17. The van der Waals surface area contributed by atoms with E-state index in [4.69, 9.17) is 9.15 Å². The second-order valence-corrected chi connectivity index (χ2v) is 7.12. The SMILES string of the molecule is CC(C)COc1ccc(C(=O)Nc2ccc3oc(-c4ccncc4)nc3c2)cc1. The van der Waals surface area contributed by atoms with E-state index in [-0.39, 0.29) is 5.91 Å². The number of aromatic nitrogens is 2. The predicted molar refractivity (Wildman–Crippen MR) is 112 cm³/mol. The molecule has 0 saturated carbocycles. The Labute approximate surface area is 168 Å². The van der Waals surface area contributed by atoms with Crippen LogP contribution in [0.1, 0.15) is 24.2 Å². The van der Waals surface area contributed by atoms with Crippen molar-refractivity contribution in [3.05, 3.63) is 72.6 Å². The highest BCUT2D eigenvalue weighted by Crippen LogP contribution is 2.26. The molecule has 6 heteroatoms. The Morgan fingerprint density at radius 3 is 2.55 bits per heavy atom. The van der Waals surface area contributed by atoms with Crippen molar-refractivity contribution >= 4 is 22.7 Å². The van der Waals surface area contributed by atoms with Crippen LogP contribution in [0.4, 0.5) is 5.69 Å². The molecule has 4 aromatic rings. The minimum atomic E-state index is -0.197. The molecule has 1 N–H and O–H groups in total. The highest BCUT2D eigenvalue weighted by molar-refractivity contribution is 6.05. The number of oxazole rings is 1. The molecule has 0 bridgehead atoms. The lowest BCUT2D eigenvalue weighted by molar-refractivity contribution is 0.102. The minimum Gasteiger partial charge on any atom is -0.493 e. The molecule has 0 unspecified atom stereocenters. The third kappa shape index (κ3) is 4.43. The fourth-order valence-corrected chi connectivity index (χ4v) is 2.79. The molecule has 0 aliphatic heterocycles. The van der Waals surface area contributed by atoms with Gasteiger partial charge in [-0.1, -0.05) is 13.8 Å². The number of fused-ring (bicyclic) bond motifs is 1. The van der Waals surface area contributed by atoms with Crippen molar-refractivity contribution in [1.29, 1.82) is 0 Å². The highest BCUT2D eigenvalue weighted by atomic mass is 16.5. The van der Waals surface area contributed by atoms with Crippen LogP contribution in [-0.2, 0) is 0 Å². The second kappa shape index (κ2) is 8.14. The van der Waals surface area contributed by atoms with E-state index in [1.54, 1.807) is 54.9 Å². The van der Waals surface area contributed by atoms with Gasteiger partial charge in [0.2, 0.25) is 5.89 Å². The van der Waals surface area contributed by atoms with Crippen LogP contribution in [0.5, 0.6) is 5.75 Å². The molecule has 0 radical (unpaired) electrons. The second-order valence-electron chi connectivity index (χ2n) is 7.12. The monoisotopic (exact) mass is 387 g/mol. The number of nitrogens with zero attached hydrogens (tertiary/aromatic N) is 2. The molecule has 29 heavy (non-hydrogen) atoms. The first-order chi connectivity index (χ1) is 14.1. The summed E-state index contributed by atoms with van der Waals surface area (Å²) in [6.07, 6.45) is 3.38. The van der Waals surface area contributed by atoms with Crippen LogP contribution in [0.2, 0.25) is 0 Å². The summed E-state index contributed by atoms with van der Waals surface area (Å²) in [4.78, 5) is 21.1. The van der Waals surface area contributed by atoms with Crippen molar-refractivity contribution in [2.45, 2.75) is 13.8 Å². The van der Waals surface area contributed by atoms with Gasteiger partial charge in [0.05, 0.1) is 6.61 Å². The molecule has 2 aromatic heterocycles. The maximum absolute atomic E-state index is 12.6. The van der Waals surface area contributed by atoms with Crippen LogP contribution in [0, 0.1) is 5.92 Å². The molecule has 0 spiro atoms. The van der Waals surface area contributed by atoms with E-state index in [0.29, 0.717) is 40.8 Å². The molecule has 146 valence electrons. The van der Waals surface area contributed by atoms with Crippen LogP contribution in [-0.4, -0.2) is 22.5 Å². The molecular weight excluding hydrogens is 366 g/mol. The molecule has 0 saturated heterocycles. The first-order valence-electron chi connectivity index (χ1n) is 9.44. The van der Waals surface area contributed by atoms with E-state index in [1.165, 1.54) is 0 Å². The third-order valence-electron chi connectivity index (χ3n) is 4.27. The summed E-state index contributed by atoms with van der Waals surface area (Å²) in [5.41, 5.74) is 3.38. The third-order valence-corrected chi connectivity index (χ3v) is 4.27. The topological polar surface area (TPSA) is 77.2 Å². The quantitative estimate of drug-likeness (QED) is 0.493. The Balaban J connectivity index is 1.48. The standard InChI is InChI=1S/C23H21N3O3/c1-15(2)14-28-19-6-3-16(4-7-19)22(27)25-18-5-8-21-20(13-18)26-23(29-21)17-9-11-24-12-10-17/h3-13,15H,14H2,1-2H3,(H,25,27). The number of rotatable bonds is 6. The largest absolute Gasteiger partial charge is 0.493 e. The fourth-order valence-electron chi connectivity index (χ4n) is 2.79. The summed E-state index contributed by atoms with van der Waals surface area (Å²) >= 11 is 0. The minimum absolute atomic E-state index is 0.197. The number of benzene rings is 2. The van der Waals surface area contributed by atoms with Gasteiger partial charge in [0.1, 0.15) is 11.3 Å². The van der Waals surface area contributed by atoms with Gasteiger partial charge >= 0.3 is 0 Å². The molecule has 4 rings (SSSR count). The van der Waals surface area contributed by atoms with Gasteiger partial charge < -0.3 is 14.5 Å². The molecule has 6 nitrogen and oxygen atoms in total. The van der Waals surface area contributed by atoms with Crippen LogP contribution < -0.4 is 10.1 Å². The number of hydrogen-bond donors (Lipinski definition) is 1. The number of amides is 1. The maximum Gasteiger partial charge on any atom is 0.255 e. The van der Waals surface area contributed by atoms with Crippen molar-refractivity contribution in [2.75, 3.05) is 11.9 Å². The predicted octanol–water partition coefficient (Wildman–Crippen LogP) is 5.18. The summed E-state index contributed by atoms with van der Waals surface area (Å²) < 4.78 is 11.4. The highest BCUT2D eigenvalue weighted by Gasteiger charge is 2.11. The summed E-state index contributed by atoms with van der Waals surface area (Å²) in [7, 11) is 0. The van der Waals surface area contributed by atoms with E-state index in [1.807, 2.05) is 12.1 Å². The van der Waals surface area contributed by atoms with Crippen molar-refractivity contribution < 1.29 is 13.9 Å². The van der Waals surface area contributed by atoms with Crippen molar-refractivity contribution in [3.63, 3.8) is 0 Å². The lowest BCUT2D eigenvalue weighted by Crippen LogP contribution is -2.12. The molecule has 2 heterocycles. The Bertz CT molecular complexity index is 1120. The van der Waals surface area contributed by atoms with Crippen molar-refractivity contribution in [2.24, 2.45) is 5.92 Å². The molecule has 2 aromatic carbocycles. The number of pyridine rings is 1. The summed E-state index contributed by atoms with van der Waals surface area (Å²) in [6, 6.07) is 16.2. The van der Waals surface area contributed by atoms with Gasteiger partial charge in [-0.2, -0.15) is 0 Å². The van der Waals surface area contributed by atoms with Gasteiger partial charge in [0.15, 0.2) is 5.58 Å². The number of anilines is 1. The lowest BCUT2D eigenvalue weighted by atomic mass is 10.2. The molecule has 0 aliphatic rings. The zero-order valence-corrected chi connectivity index (χ0v) is 16.3. The zero-order chi connectivity index (χ0) is 20.2. The zero-order valence-electron chi connectivity index (χ0n) is 16.3. The Morgan fingerprint density at radius 1 is 1.07 bits per heavy atom. The normalized spacial score (nSPS) is 11.0. The van der Waals surface area contributed by atoms with E-state index >= 15 is 0 Å². The summed E-state index contributed by atoms with van der Waals surface area (Å²) in [5.74, 6) is 1.52. The Hall–Kier alpha value is -3.67. The molecule has 0 fully saturated rings. The molecule has 0 aliphatic carbocycles. The van der Waals surface area contributed by atoms with Crippen molar-refractivity contribution in [3.8, 4) is 17.2 Å². The number of nitrogens with one attached hydrogen (secondary N) is 1. The number of hydrogen-bond acceptors (Lipinski definition) is 5. The van der Waals surface area contributed by atoms with Crippen LogP contribution >= 0.6 is 0 Å². The van der Waals surface area contributed by atoms with Crippen molar-refractivity contribution in [1.82, 2.24) is 9.97 Å². The fraction of sp³-hybridized carbons (Fsp3) is 0.174. The first kappa shape index (κ1) is 18.7. The first-order valence-corrected chi connectivity index (χ1v) is 9.44. The molecular formula is C23H21N3O3. The van der Waals surface area contributed by atoms with E-state index < -0.39 is 0 Å². The molecule has 1 amide bonds. The van der Waals surface area contributed by atoms with Gasteiger partial charge in [0.25, 0.3) is 5.91 Å². The summed E-state index contributed by atoms with van der Waals surface area (Å²) in [5, 5.41) is 2.90. The average molecular weight is 387 g/mol. The van der Waals surface area contributed by atoms with Gasteiger partial charge in [-0.15, -0.1) is 0 Å². The van der Waals surface area contributed by atoms with Gasteiger partial charge in [-0.05, 0) is 60.5 Å².